The molecule has 0 aliphatic carbocycles. The van der Waals surface area contributed by atoms with E-state index < -0.39 is 0 Å². The molecule has 80 valence electrons. The summed E-state index contributed by atoms with van der Waals surface area (Å²) in [4.78, 5) is 1.27. The summed E-state index contributed by atoms with van der Waals surface area (Å²) in [5, 5.41) is 3.64. The average Bonchev–Trinajstić information content (AvgIpc) is 2.47. The predicted molar refractivity (Wildman–Crippen MR) is 65.6 cm³/mol. The molecule has 4 heteroatoms. The molecule has 1 heterocycles. The van der Waals surface area contributed by atoms with Crippen LogP contribution in [-0.4, -0.2) is 11.4 Å². The van der Waals surface area contributed by atoms with E-state index in [0.717, 1.165) is 17.3 Å². The highest BCUT2D eigenvalue weighted by molar-refractivity contribution is 7.16. The van der Waals surface area contributed by atoms with E-state index in [1.165, 1.54) is 4.88 Å². The van der Waals surface area contributed by atoms with Gasteiger partial charge in [0, 0.05) is 22.8 Å². The zero-order valence-corrected chi connectivity index (χ0v) is 10.7. The maximum Gasteiger partial charge on any atom is 0.0931 e. The van der Waals surface area contributed by atoms with Crippen molar-refractivity contribution in [1.29, 1.82) is 0 Å². The van der Waals surface area contributed by atoms with Gasteiger partial charge in [0.25, 0.3) is 0 Å². The Balaban J connectivity index is 2.26. The van der Waals surface area contributed by atoms with Crippen molar-refractivity contribution < 1.29 is 0 Å². The van der Waals surface area contributed by atoms with Crippen LogP contribution >= 0.6 is 34.5 Å². The Kier molecular flexibility index (Phi) is 5.24. The Hall–Kier alpha value is 0.240. The third-order valence-corrected chi connectivity index (χ3v) is 3.34. The maximum atomic E-state index is 5.90. The number of hydrogen-bond acceptors (Lipinski definition) is 2. The van der Waals surface area contributed by atoms with Gasteiger partial charge in [-0.2, -0.15) is 0 Å². The van der Waals surface area contributed by atoms with E-state index in [1.54, 1.807) is 11.3 Å². The summed E-state index contributed by atoms with van der Waals surface area (Å²) in [7, 11) is 0. The first-order valence-corrected chi connectivity index (χ1v) is 6.32. The van der Waals surface area contributed by atoms with Gasteiger partial charge in [-0.05, 0) is 32.4 Å². The highest BCUT2D eigenvalue weighted by atomic mass is 35.5. The van der Waals surface area contributed by atoms with Gasteiger partial charge in [-0.3, -0.25) is 0 Å². The van der Waals surface area contributed by atoms with Crippen molar-refractivity contribution in [1.82, 2.24) is 5.32 Å². The molecule has 2 atom stereocenters. The molecule has 0 bridgehead atoms. The lowest BCUT2D eigenvalue weighted by atomic mass is 10.2. The minimum Gasteiger partial charge on any atom is -0.309 e. The lowest BCUT2D eigenvalue weighted by Crippen LogP contribution is -2.27. The van der Waals surface area contributed by atoms with E-state index in [9.17, 15) is 0 Å². The molecule has 0 radical (unpaired) electrons. The fourth-order valence-corrected chi connectivity index (χ4v) is 2.60. The molecule has 1 N–H and O–H groups in total. The van der Waals surface area contributed by atoms with Gasteiger partial charge in [0.1, 0.15) is 0 Å². The van der Waals surface area contributed by atoms with E-state index >= 15 is 0 Å². The monoisotopic (exact) mass is 251 g/mol. The first kappa shape index (κ1) is 12.3. The van der Waals surface area contributed by atoms with Crippen LogP contribution in [0.2, 0.25) is 4.34 Å². The summed E-state index contributed by atoms with van der Waals surface area (Å²) in [6.07, 6.45) is 0.987. The Morgan fingerprint density at radius 3 is 2.64 bits per heavy atom. The smallest absolute Gasteiger partial charge is 0.0931 e. The van der Waals surface area contributed by atoms with Crippen LogP contribution in [-0.2, 0) is 6.54 Å². The summed E-state index contributed by atoms with van der Waals surface area (Å²) in [6, 6.07) is 4.43. The van der Waals surface area contributed by atoms with Crippen LogP contribution in [0.5, 0.6) is 0 Å². The molecule has 1 nitrogen and oxygen atoms in total. The van der Waals surface area contributed by atoms with Crippen LogP contribution in [0.25, 0.3) is 0 Å². The van der Waals surface area contributed by atoms with Gasteiger partial charge in [0.2, 0.25) is 0 Å². The second-order valence-electron chi connectivity index (χ2n) is 3.50. The van der Waals surface area contributed by atoms with Crippen molar-refractivity contribution in [3.63, 3.8) is 0 Å². The molecule has 0 aliphatic rings. The van der Waals surface area contributed by atoms with Gasteiger partial charge >= 0.3 is 0 Å². The van der Waals surface area contributed by atoms with Crippen molar-refractivity contribution in [2.24, 2.45) is 0 Å². The Morgan fingerprint density at radius 2 is 2.14 bits per heavy atom. The topological polar surface area (TPSA) is 12.0 Å². The van der Waals surface area contributed by atoms with Crippen molar-refractivity contribution >= 4 is 34.5 Å². The number of nitrogens with one attached hydrogen (secondary N) is 1. The second-order valence-corrected chi connectivity index (χ2v) is 6.05. The summed E-state index contributed by atoms with van der Waals surface area (Å²) < 4.78 is 0.847. The zero-order chi connectivity index (χ0) is 10.6. The normalized spacial score (nSPS) is 15.4. The molecule has 0 fully saturated rings. The lowest BCUT2D eigenvalue weighted by molar-refractivity contribution is 0.514. The summed E-state index contributed by atoms with van der Waals surface area (Å²) >= 11 is 13.3. The standard InChI is InChI=1S/C10H15Cl2NS/c1-7(11)5-8(2)13-6-9-3-4-10(12)14-9/h3-4,7-8,13H,5-6H2,1-2H3. The average molecular weight is 252 g/mol. The van der Waals surface area contributed by atoms with Crippen LogP contribution in [0.1, 0.15) is 25.1 Å². The molecular weight excluding hydrogens is 237 g/mol. The highest BCUT2D eigenvalue weighted by Crippen LogP contribution is 2.21. The molecular formula is C10H15Cl2NS. The summed E-state index contributed by atoms with van der Waals surface area (Å²) in [5.74, 6) is 0. The third kappa shape index (κ3) is 4.65. The molecule has 2 unspecified atom stereocenters. The van der Waals surface area contributed by atoms with Crippen LogP contribution in [0.3, 0.4) is 0 Å². The molecule has 0 spiro atoms. The Labute approximate surface area is 99.4 Å². The minimum atomic E-state index is 0.226. The molecule has 0 saturated carbocycles. The van der Waals surface area contributed by atoms with E-state index in [1.807, 2.05) is 13.0 Å². The molecule has 0 saturated heterocycles. The van der Waals surface area contributed by atoms with Crippen LogP contribution in [0, 0.1) is 0 Å². The number of alkyl halides is 1. The van der Waals surface area contributed by atoms with E-state index in [0.29, 0.717) is 6.04 Å². The fourth-order valence-electron chi connectivity index (χ4n) is 1.29. The maximum absolute atomic E-state index is 5.90. The van der Waals surface area contributed by atoms with Gasteiger partial charge < -0.3 is 5.32 Å². The van der Waals surface area contributed by atoms with Gasteiger partial charge in [0.15, 0.2) is 0 Å². The molecule has 0 aliphatic heterocycles. The second kappa shape index (κ2) is 5.96. The molecule has 1 rings (SSSR count). The lowest BCUT2D eigenvalue weighted by Gasteiger charge is -2.13. The first-order valence-electron chi connectivity index (χ1n) is 4.69. The van der Waals surface area contributed by atoms with E-state index in [2.05, 4.69) is 18.3 Å². The predicted octanol–water partition coefficient (Wildman–Crippen LogP) is 3.90. The van der Waals surface area contributed by atoms with E-state index in [4.69, 9.17) is 23.2 Å². The van der Waals surface area contributed by atoms with Crippen molar-refractivity contribution in [2.75, 3.05) is 0 Å². The van der Waals surface area contributed by atoms with Crippen LogP contribution in [0.15, 0.2) is 12.1 Å². The molecule has 1 aromatic heterocycles. The van der Waals surface area contributed by atoms with Crippen molar-refractivity contribution in [3.8, 4) is 0 Å². The SMILES string of the molecule is CC(Cl)CC(C)NCc1ccc(Cl)s1. The molecule has 14 heavy (non-hydrogen) atoms. The van der Waals surface area contributed by atoms with Crippen molar-refractivity contribution in [3.05, 3.63) is 21.3 Å². The van der Waals surface area contributed by atoms with Gasteiger partial charge in [-0.15, -0.1) is 22.9 Å². The highest BCUT2D eigenvalue weighted by Gasteiger charge is 2.06. The van der Waals surface area contributed by atoms with Gasteiger partial charge in [-0.25, -0.2) is 0 Å². The van der Waals surface area contributed by atoms with Crippen molar-refractivity contribution in [2.45, 2.75) is 38.2 Å². The fraction of sp³-hybridized carbons (Fsp3) is 0.600. The molecule has 0 amide bonds. The number of halogens is 2. The Morgan fingerprint density at radius 1 is 1.43 bits per heavy atom. The summed E-state index contributed by atoms with van der Waals surface area (Å²) in [6.45, 7) is 5.04. The number of rotatable bonds is 5. The van der Waals surface area contributed by atoms with E-state index in [-0.39, 0.29) is 5.38 Å². The van der Waals surface area contributed by atoms with Crippen LogP contribution in [0.4, 0.5) is 0 Å². The van der Waals surface area contributed by atoms with Gasteiger partial charge in [-0.1, -0.05) is 11.6 Å². The number of thiophene rings is 1. The first-order chi connectivity index (χ1) is 6.58. The summed E-state index contributed by atoms with van der Waals surface area (Å²) in [5.41, 5.74) is 0. The zero-order valence-electron chi connectivity index (χ0n) is 8.39. The van der Waals surface area contributed by atoms with Gasteiger partial charge in [0.05, 0.1) is 4.34 Å². The molecule has 0 aromatic carbocycles. The quantitative estimate of drug-likeness (QED) is 0.784. The number of hydrogen-bond donors (Lipinski definition) is 1. The minimum absolute atomic E-state index is 0.226. The largest absolute Gasteiger partial charge is 0.309 e. The van der Waals surface area contributed by atoms with Crippen LogP contribution < -0.4 is 5.32 Å². The molecule has 1 aromatic rings. The Bertz CT molecular complexity index is 273. The third-order valence-electron chi connectivity index (χ3n) is 1.93.